The molecule has 1 saturated heterocycles. The molecule has 0 aliphatic carbocycles. The molecule has 2 heterocycles. The molecule has 4 nitrogen and oxygen atoms in total. The number of carbonyl (C=O) groups excluding carboxylic acids is 1. The summed E-state index contributed by atoms with van der Waals surface area (Å²) in [5.74, 6) is 0.989. The van der Waals surface area contributed by atoms with Crippen LogP contribution in [0.4, 0.5) is 0 Å². The number of furan rings is 1. The molecule has 0 saturated carbocycles. The maximum Gasteiger partial charge on any atom is 0.211 e. The van der Waals surface area contributed by atoms with Crippen LogP contribution in [0.1, 0.15) is 29.8 Å². The molecular formula is C17H21NO3. The van der Waals surface area contributed by atoms with Crippen LogP contribution in [0.5, 0.6) is 0 Å². The molecule has 1 aromatic heterocycles. The van der Waals surface area contributed by atoms with Crippen molar-refractivity contribution in [1.82, 2.24) is 4.90 Å². The highest BCUT2D eigenvalue weighted by molar-refractivity contribution is 5.98. The molecule has 0 spiro atoms. The zero-order valence-electron chi connectivity index (χ0n) is 12.1. The van der Waals surface area contributed by atoms with Crippen molar-refractivity contribution in [1.29, 1.82) is 0 Å². The summed E-state index contributed by atoms with van der Waals surface area (Å²) in [7, 11) is 0. The summed E-state index contributed by atoms with van der Waals surface area (Å²) in [6, 6.07) is 9.51. The minimum atomic E-state index is 0.0378. The molecule has 1 unspecified atom stereocenters. The van der Waals surface area contributed by atoms with Gasteiger partial charge in [0.25, 0.3) is 0 Å². The Bertz CT molecular complexity index is 584. The number of benzene rings is 1. The van der Waals surface area contributed by atoms with Crippen molar-refractivity contribution in [2.24, 2.45) is 5.92 Å². The van der Waals surface area contributed by atoms with Crippen molar-refractivity contribution >= 4 is 16.8 Å². The van der Waals surface area contributed by atoms with Gasteiger partial charge >= 0.3 is 0 Å². The smallest absolute Gasteiger partial charge is 0.211 e. The number of likely N-dealkylation sites (tertiary alicyclic amines) is 1. The predicted molar refractivity (Wildman–Crippen MR) is 81.4 cm³/mol. The number of rotatable bonds is 5. The Hall–Kier alpha value is -1.65. The van der Waals surface area contributed by atoms with Gasteiger partial charge in [-0.2, -0.15) is 0 Å². The van der Waals surface area contributed by atoms with E-state index in [1.165, 1.54) is 0 Å². The molecule has 21 heavy (non-hydrogen) atoms. The lowest BCUT2D eigenvalue weighted by atomic mass is 9.95. The molecular weight excluding hydrogens is 266 g/mol. The number of carbonyl (C=O) groups is 1. The molecule has 0 bridgehead atoms. The zero-order chi connectivity index (χ0) is 14.7. The van der Waals surface area contributed by atoms with Crippen LogP contribution in [0, 0.1) is 5.92 Å². The fourth-order valence-electron chi connectivity index (χ4n) is 3.11. The molecule has 0 radical (unpaired) electrons. The van der Waals surface area contributed by atoms with Gasteiger partial charge in [-0.25, -0.2) is 0 Å². The van der Waals surface area contributed by atoms with Crippen molar-refractivity contribution in [3.05, 3.63) is 36.1 Å². The number of aliphatic hydroxyl groups is 1. The second-order valence-electron chi connectivity index (χ2n) is 5.83. The molecule has 112 valence electrons. The molecule has 0 amide bonds. The average Bonchev–Trinajstić information content (AvgIpc) is 2.92. The van der Waals surface area contributed by atoms with Crippen LogP contribution < -0.4 is 0 Å². The van der Waals surface area contributed by atoms with Crippen LogP contribution >= 0.6 is 0 Å². The van der Waals surface area contributed by atoms with Gasteiger partial charge in [-0.05, 0) is 43.9 Å². The first kappa shape index (κ1) is 14.3. The molecule has 1 fully saturated rings. The SMILES string of the molecule is O=C(CN1CCCC(CCO)C1)c1cc2ccccc2o1. The van der Waals surface area contributed by atoms with Crippen molar-refractivity contribution < 1.29 is 14.3 Å². The van der Waals surface area contributed by atoms with Gasteiger partial charge in [-0.15, -0.1) is 0 Å². The molecule has 1 aromatic carbocycles. The van der Waals surface area contributed by atoms with Crippen molar-refractivity contribution in [3.63, 3.8) is 0 Å². The first-order chi connectivity index (χ1) is 10.3. The van der Waals surface area contributed by atoms with Crippen molar-refractivity contribution in [3.8, 4) is 0 Å². The average molecular weight is 287 g/mol. The fourth-order valence-corrected chi connectivity index (χ4v) is 3.11. The highest BCUT2D eigenvalue weighted by Gasteiger charge is 2.22. The quantitative estimate of drug-likeness (QED) is 0.859. The van der Waals surface area contributed by atoms with Crippen LogP contribution in [-0.2, 0) is 0 Å². The van der Waals surface area contributed by atoms with Crippen LogP contribution in [-0.4, -0.2) is 42.0 Å². The zero-order valence-corrected chi connectivity index (χ0v) is 12.1. The van der Waals surface area contributed by atoms with E-state index >= 15 is 0 Å². The Balaban J connectivity index is 1.65. The van der Waals surface area contributed by atoms with Gasteiger partial charge in [0, 0.05) is 18.5 Å². The monoisotopic (exact) mass is 287 g/mol. The highest BCUT2D eigenvalue weighted by atomic mass is 16.3. The highest BCUT2D eigenvalue weighted by Crippen LogP contribution is 2.22. The molecule has 3 rings (SSSR count). The number of hydrogen-bond donors (Lipinski definition) is 1. The van der Waals surface area contributed by atoms with Gasteiger partial charge in [0.2, 0.25) is 5.78 Å². The molecule has 4 heteroatoms. The maximum atomic E-state index is 12.4. The number of hydrogen-bond acceptors (Lipinski definition) is 4. The number of piperidine rings is 1. The van der Waals surface area contributed by atoms with E-state index in [0.717, 1.165) is 43.3 Å². The molecule has 2 aromatic rings. The lowest BCUT2D eigenvalue weighted by Gasteiger charge is -2.31. The molecule has 1 aliphatic rings. The first-order valence-electron chi connectivity index (χ1n) is 7.61. The van der Waals surface area contributed by atoms with E-state index < -0.39 is 0 Å². The Morgan fingerprint density at radius 3 is 3.05 bits per heavy atom. The van der Waals surface area contributed by atoms with Gasteiger partial charge in [0.1, 0.15) is 5.58 Å². The number of Topliss-reactive ketones (excluding diaryl/α,β-unsaturated/α-hetero) is 1. The fraction of sp³-hybridized carbons (Fsp3) is 0.471. The van der Waals surface area contributed by atoms with E-state index in [1.54, 1.807) is 0 Å². The van der Waals surface area contributed by atoms with E-state index in [-0.39, 0.29) is 12.4 Å². The van der Waals surface area contributed by atoms with Crippen molar-refractivity contribution in [2.75, 3.05) is 26.2 Å². The molecule has 1 N–H and O–H groups in total. The van der Waals surface area contributed by atoms with Gasteiger partial charge in [-0.1, -0.05) is 18.2 Å². The maximum absolute atomic E-state index is 12.4. The Kier molecular flexibility index (Phi) is 4.36. The summed E-state index contributed by atoms with van der Waals surface area (Å²) in [4.78, 5) is 14.5. The Morgan fingerprint density at radius 2 is 2.24 bits per heavy atom. The number of nitrogens with zero attached hydrogens (tertiary/aromatic N) is 1. The van der Waals surface area contributed by atoms with E-state index in [0.29, 0.717) is 18.2 Å². The number of ketones is 1. The summed E-state index contributed by atoms with van der Waals surface area (Å²) in [6.07, 6.45) is 3.07. The van der Waals surface area contributed by atoms with E-state index in [2.05, 4.69) is 4.90 Å². The summed E-state index contributed by atoms with van der Waals surface area (Å²) in [6.45, 7) is 2.48. The van der Waals surface area contributed by atoms with Gasteiger partial charge < -0.3 is 9.52 Å². The third-order valence-corrected chi connectivity index (χ3v) is 4.21. The van der Waals surface area contributed by atoms with Crippen LogP contribution in [0.15, 0.2) is 34.7 Å². The number of fused-ring (bicyclic) bond motifs is 1. The van der Waals surface area contributed by atoms with Gasteiger partial charge in [-0.3, -0.25) is 9.69 Å². The van der Waals surface area contributed by atoms with E-state index in [1.807, 2.05) is 30.3 Å². The summed E-state index contributed by atoms with van der Waals surface area (Å²) >= 11 is 0. The predicted octanol–water partition coefficient (Wildman–Crippen LogP) is 2.71. The summed E-state index contributed by atoms with van der Waals surface area (Å²) in [5.41, 5.74) is 0.762. The number of para-hydroxylation sites is 1. The standard InChI is InChI=1S/C17H21NO3/c19-9-7-13-4-3-8-18(11-13)12-15(20)17-10-14-5-1-2-6-16(14)21-17/h1-2,5-6,10,13,19H,3-4,7-9,11-12H2. The lowest BCUT2D eigenvalue weighted by Crippen LogP contribution is -2.39. The largest absolute Gasteiger partial charge is 0.453 e. The second-order valence-corrected chi connectivity index (χ2v) is 5.83. The Morgan fingerprint density at radius 1 is 1.38 bits per heavy atom. The first-order valence-corrected chi connectivity index (χ1v) is 7.61. The van der Waals surface area contributed by atoms with Crippen LogP contribution in [0.2, 0.25) is 0 Å². The second kappa shape index (κ2) is 6.41. The van der Waals surface area contributed by atoms with Crippen molar-refractivity contribution in [2.45, 2.75) is 19.3 Å². The van der Waals surface area contributed by atoms with Gasteiger partial charge in [0.05, 0.1) is 6.54 Å². The lowest BCUT2D eigenvalue weighted by molar-refractivity contribution is 0.0847. The molecule has 1 aliphatic heterocycles. The summed E-state index contributed by atoms with van der Waals surface area (Å²) < 4.78 is 5.63. The van der Waals surface area contributed by atoms with E-state index in [9.17, 15) is 4.79 Å². The minimum Gasteiger partial charge on any atom is -0.453 e. The van der Waals surface area contributed by atoms with Crippen LogP contribution in [0.3, 0.4) is 0 Å². The van der Waals surface area contributed by atoms with Gasteiger partial charge in [0.15, 0.2) is 5.76 Å². The number of aliphatic hydroxyl groups excluding tert-OH is 1. The third-order valence-electron chi connectivity index (χ3n) is 4.21. The Labute approximate surface area is 124 Å². The molecule has 1 atom stereocenters. The van der Waals surface area contributed by atoms with Crippen LogP contribution in [0.25, 0.3) is 11.0 Å². The van der Waals surface area contributed by atoms with E-state index in [4.69, 9.17) is 9.52 Å². The normalized spacial score (nSPS) is 20.0. The summed E-state index contributed by atoms with van der Waals surface area (Å²) in [5, 5.41) is 10.0. The topological polar surface area (TPSA) is 53.7 Å². The minimum absolute atomic E-state index is 0.0378. The third kappa shape index (κ3) is 3.34.